The van der Waals surface area contributed by atoms with E-state index in [9.17, 15) is 12.6 Å². The van der Waals surface area contributed by atoms with Gasteiger partial charge in [0.2, 0.25) is 0 Å². The van der Waals surface area contributed by atoms with Gasteiger partial charge in [0.25, 0.3) is 0 Å². The van der Waals surface area contributed by atoms with Crippen molar-refractivity contribution in [2.24, 2.45) is 0 Å². The van der Waals surface area contributed by atoms with E-state index in [-0.39, 0.29) is 10.5 Å². The lowest BCUT2D eigenvalue weighted by Crippen LogP contribution is -2.10. The van der Waals surface area contributed by atoms with E-state index >= 15 is 0 Å². The summed E-state index contributed by atoms with van der Waals surface area (Å²) >= 11 is -2.45. The highest BCUT2D eigenvalue weighted by Gasteiger charge is 2.25. The van der Waals surface area contributed by atoms with E-state index in [0.717, 1.165) is 33.0 Å². The molecule has 0 unspecified atom stereocenters. The fourth-order valence-electron chi connectivity index (χ4n) is 5.99. The third-order valence-corrected chi connectivity index (χ3v) is 11.3. The minimum Gasteiger partial charge on any atom is -0.507 e. The molecule has 0 saturated carbocycles. The molecular formula is C32H19AlN8O3S. The molecule has 0 atom stereocenters. The Kier molecular flexibility index (Phi) is 5.57. The third-order valence-electron chi connectivity index (χ3n) is 8.05. The Bertz CT molecular complexity index is 2680. The lowest BCUT2D eigenvalue weighted by Gasteiger charge is -2.02. The number of hydrogen-bond donors (Lipinski definition) is 3. The molecular weight excluding hydrogens is 603 g/mol. The molecule has 0 radical (unpaired) electrons. The van der Waals surface area contributed by atoms with Gasteiger partial charge in [0.1, 0.15) is 30.8 Å². The molecule has 0 aliphatic carbocycles. The first kappa shape index (κ1) is 26.1. The molecule has 8 bridgehead atoms. The van der Waals surface area contributed by atoms with Crippen LogP contribution in [0.3, 0.4) is 0 Å². The van der Waals surface area contributed by atoms with Crippen LogP contribution in [0.5, 0.6) is 0 Å². The van der Waals surface area contributed by atoms with Crippen molar-refractivity contribution < 1.29 is 12.6 Å². The van der Waals surface area contributed by atoms with Gasteiger partial charge in [0.05, 0.1) is 4.90 Å². The normalized spacial score (nSPS) is 12.3. The lowest BCUT2D eigenvalue weighted by molar-refractivity contribution is 0.584. The molecule has 5 heterocycles. The highest BCUT2D eigenvalue weighted by molar-refractivity contribution is 8.14. The number of benzene rings is 4. The summed E-state index contributed by atoms with van der Waals surface area (Å²) in [5, 5.41) is 2.60. The molecule has 0 amide bonds. The highest BCUT2D eigenvalue weighted by atomic mass is 32.4. The van der Waals surface area contributed by atoms with Crippen LogP contribution in [-0.4, -0.2) is 66.9 Å². The van der Waals surface area contributed by atoms with Gasteiger partial charge in [0.15, 0.2) is 23.3 Å². The number of hydrogen-bond acceptors (Lipinski definition) is 9. The maximum absolute atomic E-state index is 13.1. The van der Waals surface area contributed by atoms with Crippen molar-refractivity contribution in [3.8, 4) is 45.6 Å². The van der Waals surface area contributed by atoms with E-state index in [1.807, 2.05) is 72.8 Å². The summed E-state index contributed by atoms with van der Waals surface area (Å²) in [6, 6.07) is 28.1. The predicted octanol–water partition coefficient (Wildman–Crippen LogP) is 4.90. The second kappa shape index (κ2) is 9.59. The highest BCUT2D eigenvalue weighted by Crippen LogP contribution is 2.37. The Morgan fingerprint density at radius 2 is 0.889 bits per heavy atom. The summed E-state index contributed by atoms with van der Waals surface area (Å²) < 4.78 is 36.2. The van der Waals surface area contributed by atoms with Crippen LogP contribution in [0.1, 0.15) is 0 Å². The minimum absolute atomic E-state index is 0.00890. The first-order chi connectivity index (χ1) is 22.0. The lowest BCUT2D eigenvalue weighted by atomic mass is 10.1. The number of aromatic nitrogens is 8. The maximum Gasteiger partial charge on any atom is 0.624 e. The summed E-state index contributed by atoms with van der Waals surface area (Å²) in [6.45, 7) is 0. The molecule has 3 aromatic heterocycles. The second-order valence-corrected chi connectivity index (χ2v) is 15.7. The number of nitrogens with one attached hydrogen (secondary N) is 2. The average molecular weight is 623 g/mol. The van der Waals surface area contributed by atoms with Crippen molar-refractivity contribution in [2.45, 2.75) is 4.90 Å². The summed E-state index contributed by atoms with van der Waals surface area (Å²) in [6.07, 6.45) is 0. The molecule has 45 heavy (non-hydrogen) atoms. The van der Waals surface area contributed by atoms with Crippen LogP contribution >= 0.6 is 0 Å². The zero-order valence-corrected chi connectivity index (χ0v) is 25.5. The largest absolute Gasteiger partial charge is 0.624 e. The van der Waals surface area contributed by atoms with Crippen molar-refractivity contribution in [3.05, 3.63) is 91.0 Å². The molecule has 11 nitrogen and oxygen atoms in total. The molecule has 214 valence electrons. The number of fused-ring (bicyclic) bond motifs is 20. The quantitative estimate of drug-likeness (QED) is 0.228. The molecule has 3 N–H and O–H groups in total. The molecule has 0 spiro atoms. The Morgan fingerprint density at radius 3 is 1.38 bits per heavy atom. The zero-order chi connectivity index (χ0) is 30.3. The Morgan fingerprint density at radius 1 is 0.489 bits per heavy atom. The summed E-state index contributed by atoms with van der Waals surface area (Å²) in [5.41, 5.74) is 4.91. The topological polar surface area (TPSA) is 163 Å². The van der Waals surface area contributed by atoms with Crippen LogP contribution in [0.15, 0.2) is 95.9 Å². The average Bonchev–Trinajstić information content (AvgIpc) is 3.80. The third kappa shape index (κ3) is 3.96. The van der Waals surface area contributed by atoms with Crippen LogP contribution in [-0.2, 0) is 8.20 Å². The van der Waals surface area contributed by atoms with E-state index in [1.165, 1.54) is 6.07 Å². The number of aromatic amines is 2. The smallest absolute Gasteiger partial charge is 0.507 e. The van der Waals surface area contributed by atoms with Gasteiger partial charge in [-0.1, -0.05) is 84.9 Å². The fourth-order valence-corrected chi connectivity index (χ4v) is 8.07. The zero-order valence-electron chi connectivity index (χ0n) is 23.2. The van der Waals surface area contributed by atoms with Crippen molar-refractivity contribution in [3.63, 3.8) is 0 Å². The Hall–Kier alpha value is -5.32. The van der Waals surface area contributed by atoms with Gasteiger partial charge in [-0.2, -0.15) is 0 Å². The Labute approximate surface area is 259 Å². The molecule has 0 fully saturated rings. The van der Waals surface area contributed by atoms with Crippen LogP contribution in [0, 0.1) is 0 Å². The monoisotopic (exact) mass is 622 g/mol. The van der Waals surface area contributed by atoms with Crippen LogP contribution < -0.4 is 0 Å². The van der Waals surface area contributed by atoms with E-state index in [2.05, 4.69) is 9.97 Å². The SMILES string of the molecule is O=[S](=O)([AlH][OH])c1cccc2c3nc4nc(nc5[nH]c(nc6nc(nc([nH]3)c12)-c1ccccc1-6)c1ccccc51)-c1ccccc1-4. The van der Waals surface area contributed by atoms with Gasteiger partial charge in [-0.15, -0.1) is 0 Å². The molecule has 2 aliphatic rings. The van der Waals surface area contributed by atoms with E-state index < -0.39 is 22.6 Å². The summed E-state index contributed by atoms with van der Waals surface area (Å²) in [5.74, 6) is 1.70. The summed E-state index contributed by atoms with van der Waals surface area (Å²) in [4.78, 5) is 36.1. The van der Waals surface area contributed by atoms with Gasteiger partial charge in [-0.3, -0.25) is 0 Å². The summed E-state index contributed by atoms with van der Waals surface area (Å²) in [7, 11) is -3.92. The number of rotatable bonds is 2. The predicted molar refractivity (Wildman–Crippen MR) is 173 cm³/mol. The van der Waals surface area contributed by atoms with Crippen LogP contribution in [0.25, 0.3) is 89.7 Å². The van der Waals surface area contributed by atoms with Crippen LogP contribution in [0.4, 0.5) is 0 Å². The van der Waals surface area contributed by atoms with E-state index in [4.69, 9.17) is 29.9 Å². The molecule has 13 heteroatoms. The standard InChI is InChI=1S/C32H17N8O2S.Al.H2O.H/c41-43(42)23-15-7-14-22-24(23)32-39-30-21-13-6-5-12-20(21)28(37-30)35-26-17-9-2-1-8-16(17)25(33-26)34-27-18-10-3-4-11-19(18)29(36-27)38-31(22)40-32;;;/h1-15H,(H2,33,34,35,36,37,38,39,40);;1H2;/q;+1;;/p-1. The van der Waals surface area contributed by atoms with Gasteiger partial charge in [-0.25, -0.2) is 38.3 Å². The fraction of sp³-hybridized carbons (Fsp3) is 0. The van der Waals surface area contributed by atoms with E-state index in [1.54, 1.807) is 12.1 Å². The van der Waals surface area contributed by atoms with Gasteiger partial charge in [-0.05, 0) is 6.07 Å². The van der Waals surface area contributed by atoms with Crippen molar-refractivity contribution in [1.82, 2.24) is 39.9 Å². The first-order valence-corrected chi connectivity index (χ1v) is 18.1. The molecule has 4 aromatic carbocycles. The first-order valence-electron chi connectivity index (χ1n) is 14.1. The van der Waals surface area contributed by atoms with Gasteiger partial charge >= 0.3 is 14.4 Å². The molecule has 2 aliphatic heterocycles. The molecule has 0 saturated heterocycles. The minimum atomic E-state index is -3.92. The Balaban J connectivity index is 1.52. The van der Waals surface area contributed by atoms with Crippen LogP contribution in [0.2, 0.25) is 0 Å². The van der Waals surface area contributed by atoms with Crippen molar-refractivity contribution in [1.29, 1.82) is 0 Å². The van der Waals surface area contributed by atoms with Crippen molar-refractivity contribution in [2.75, 3.05) is 0 Å². The van der Waals surface area contributed by atoms with E-state index in [0.29, 0.717) is 51.0 Å². The molecule has 7 aromatic rings. The second-order valence-electron chi connectivity index (χ2n) is 10.7. The molecule has 9 rings (SSSR count). The van der Waals surface area contributed by atoms with Gasteiger partial charge in [0, 0.05) is 43.8 Å². The number of nitrogens with zero attached hydrogens (tertiary/aromatic N) is 6. The van der Waals surface area contributed by atoms with Crippen molar-refractivity contribution >= 4 is 66.8 Å². The van der Waals surface area contributed by atoms with Gasteiger partial charge < -0.3 is 14.1 Å². The maximum atomic E-state index is 13.1. The number of H-pyrrole nitrogens is 2.